The zero-order valence-corrected chi connectivity index (χ0v) is 17.5. The van der Waals surface area contributed by atoms with E-state index < -0.39 is 12.0 Å². The van der Waals surface area contributed by atoms with Gasteiger partial charge in [0, 0.05) is 0 Å². The normalized spacial score (nSPS) is 16.6. The first-order valence-corrected chi connectivity index (χ1v) is 10.7. The van der Waals surface area contributed by atoms with Crippen molar-refractivity contribution in [2.45, 2.75) is 45.2 Å². The molecule has 29 heavy (non-hydrogen) atoms. The summed E-state index contributed by atoms with van der Waals surface area (Å²) in [5.41, 5.74) is 2.37. The molecule has 6 nitrogen and oxygen atoms in total. The number of nitrogens with one attached hydrogen (secondary N) is 2. The van der Waals surface area contributed by atoms with Crippen molar-refractivity contribution < 1.29 is 19.1 Å². The maximum Gasteiger partial charge on any atom is 0.329 e. The Morgan fingerprint density at radius 1 is 1.17 bits per heavy atom. The average Bonchev–Trinajstić information content (AvgIpc) is 3.25. The first-order chi connectivity index (χ1) is 14.0. The van der Waals surface area contributed by atoms with Crippen LogP contribution in [0.25, 0.3) is 0 Å². The topological polar surface area (TPSA) is 84.5 Å². The highest BCUT2D eigenvalue weighted by Gasteiger charge is 2.28. The van der Waals surface area contributed by atoms with Crippen molar-refractivity contribution in [2.75, 3.05) is 6.61 Å². The van der Waals surface area contributed by atoms with E-state index in [1.54, 1.807) is 17.5 Å². The maximum absolute atomic E-state index is 12.5. The van der Waals surface area contributed by atoms with Crippen LogP contribution < -0.4 is 10.6 Å². The van der Waals surface area contributed by atoms with Gasteiger partial charge < -0.3 is 15.4 Å². The van der Waals surface area contributed by atoms with Crippen molar-refractivity contribution in [3.63, 3.8) is 0 Å². The molecule has 0 spiro atoms. The summed E-state index contributed by atoms with van der Waals surface area (Å²) >= 11 is 1.30. The molecule has 7 heteroatoms. The second-order valence-corrected chi connectivity index (χ2v) is 8.44. The van der Waals surface area contributed by atoms with Crippen LogP contribution in [-0.4, -0.2) is 30.4 Å². The molecule has 0 fully saturated rings. The summed E-state index contributed by atoms with van der Waals surface area (Å²) in [6, 6.07) is 10.7. The summed E-state index contributed by atoms with van der Waals surface area (Å²) in [5, 5.41) is 7.46. The fraction of sp³-hybridized carbons (Fsp3) is 0.409. The quantitative estimate of drug-likeness (QED) is 0.681. The lowest BCUT2D eigenvalue weighted by Crippen LogP contribution is -2.46. The Balaban J connectivity index is 1.53. The molecular formula is C22H26N2O4S. The van der Waals surface area contributed by atoms with Gasteiger partial charge in [-0.2, -0.15) is 0 Å². The maximum atomic E-state index is 12.5. The Kier molecular flexibility index (Phi) is 7.04. The van der Waals surface area contributed by atoms with Crippen LogP contribution in [0.3, 0.4) is 0 Å². The van der Waals surface area contributed by atoms with Gasteiger partial charge >= 0.3 is 5.97 Å². The van der Waals surface area contributed by atoms with Gasteiger partial charge in [-0.25, -0.2) is 4.79 Å². The number of thiophene rings is 1. The Morgan fingerprint density at radius 2 is 1.97 bits per heavy atom. The first-order valence-electron chi connectivity index (χ1n) is 9.84. The lowest BCUT2D eigenvalue weighted by molar-refractivity contribution is -0.151. The van der Waals surface area contributed by atoms with Crippen molar-refractivity contribution in [1.82, 2.24) is 10.6 Å². The number of rotatable bonds is 7. The Labute approximate surface area is 174 Å². The molecule has 0 unspecified atom stereocenters. The molecule has 2 atom stereocenters. The molecule has 1 heterocycles. The smallest absolute Gasteiger partial charge is 0.329 e. The summed E-state index contributed by atoms with van der Waals surface area (Å²) in [6.45, 7) is 3.27. The van der Waals surface area contributed by atoms with Gasteiger partial charge in [0.05, 0.1) is 10.9 Å². The van der Waals surface area contributed by atoms with Gasteiger partial charge in [0.1, 0.15) is 6.04 Å². The number of fused-ring (bicyclic) bond motifs is 1. The fourth-order valence-electron chi connectivity index (χ4n) is 3.48. The summed E-state index contributed by atoms with van der Waals surface area (Å²) in [4.78, 5) is 37.6. The number of amides is 2. The summed E-state index contributed by atoms with van der Waals surface area (Å²) in [5.74, 6) is -1.44. The largest absolute Gasteiger partial charge is 0.454 e. The Hall–Kier alpha value is -2.67. The van der Waals surface area contributed by atoms with Crippen LogP contribution in [0.2, 0.25) is 0 Å². The molecule has 1 aliphatic rings. The van der Waals surface area contributed by atoms with Crippen molar-refractivity contribution in [3.05, 3.63) is 57.8 Å². The van der Waals surface area contributed by atoms with Crippen molar-refractivity contribution in [2.24, 2.45) is 5.92 Å². The molecule has 2 N–H and O–H groups in total. The third-order valence-electron chi connectivity index (χ3n) is 5.00. The fourth-order valence-corrected chi connectivity index (χ4v) is 4.11. The molecule has 2 amide bonds. The molecule has 2 aromatic rings. The number of hydrogen-bond donors (Lipinski definition) is 2. The Bertz CT molecular complexity index is 863. The van der Waals surface area contributed by atoms with Gasteiger partial charge in [0.25, 0.3) is 11.8 Å². The molecule has 154 valence electrons. The van der Waals surface area contributed by atoms with E-state index in [0.717, 1.165) is 24.8 Å². The zero-order chi connectivity index (χ0) is 20.8. The molecule has 1 aromatic carbocycles. The number of hydrogen-bond acceptors (Lipinski definition) is 5. The highest BCUT2D eigenvalue weighted by Crippen LogP contribution is 2.29. The van der Waals surface area contributed by atoms with E-state index in [1.807, 2.05) is 32.0 Å². The molecule has 0 bridgehead atoms. The molecule has 0 saturated heterocycles. The number of aryl methyl sites for hydroxylation is 1. The highest BCUT2D eigenvalue weighted by molar-refractivity contribution is 7.12. The van der Waals surface area contributed by atoms with Gasteiger partial charge in [-0.05, 0) is 47.8 Å². The van der Waals surface area contributed by atoms with Crippen molar-refractivity contribution in [3.8, 4) is 0 Å². The van der Waals surface area contributed by atoms with Crippen LogP contribution in [0, 0.1) is 5.92 Å². The van der Waals surface area contributed by atoms with E-state index in [-0.39, 0.29) is 30.4 Å². The van der Waals surface area contributed by atoms with Crippen LogP contribution >= 0.6 is 11.3 Å². The summed E-state index contributed by atoms with van der Waals surface area (Å²) in [7, 11) is 0. The summed E-state index contributed by atoms with van der Waals surface area (Å²) < 4.78 is 5.21. The van der Waals surface area contributed by atoms with Gasteiger partial charge in [0.2, 0.25) is 0 Å². The third-order valence-corrected chi connectivity index (χ3v) is 5.87. The minimum Gasteiger partial charge on any atom is -0.454 e. The van der Waals surface area contributed by atoms with Crippen LogP contribution in [0.15, 0.2) is 41.8 Å². The van der Waals surface area contributed by atoms with E-state index in [0.29, 0.717) is 4.88 Å². The van der Waals surface area contributed by atoms with E-state index in [2.05, 4.69) is 16.7 Å². The number of esters is 1. The molecule has 0 aliphatic heterocycles. The average molecular weight is 415 g/mol. The highest BCUT2D eigenvalue weighted by atomic mass is 32.1. The predicted molar refractivity (Wildman–Crippen MR) is 112 cm³/mol. The number of ether oxygens (including phenoxy) is 1. The minimum atomic E-state index is -0.812. The van der Waals surface area contributed by atoms with E-state index >= 15 is 0 Å². The number of carbonyl (C=O) groups is 3. The summed E-state index contributed by atoms with van der Waals surface area (Å²) in [6.07, 6.45) is 2.88. The number of benzene rings is 1. The lowest BCUT2D eigenvalue weighted by Gasteiger charge is -2.26. The van der Waals surface area contributed by atoms with Gasteiger partial charge in [-0.15, -0.1) is 11.3 Å². The van der Waals surface area contributed by atoms with Gasteiger partial charge in [-0.3, -0.25) is 9.59 Å². The third kappa shape index (κ3) is 5.44. The molecule has 1 aliphatic carbocycles. The zero-order valence-electron chi connectivity index (χ0n) is 16.6. The standard InChI is InChI=1S/C22H26N2O4S/c1-14(2)20(24-21(26)18-11-6-12-29-18)22(27)28-13-19(25)23-17-10-5-8-15-7-3-4-9-16(15)17/h3-4,6-7,9,11-12,14,17,20H,5,8,10,13H2,1-2H3,(H,23,25)(H,24,26)/t17-,20-/m0/s1. The van der Waals surface area contributed by atoms with Crippen LogP contribution in [-0.2, 0) is 20.7 Å². The van der Waals surface area contributed by atoms with Crippen LogP contribution in [0.1, 0.15) is 53.5 Å². The molecule has 1 aromatic heterocycles. The monoisotopic (exact) mass is 414 g/mol. The van der Waals surface area contributed by atoms with E-state index in [9.17, 15) is 14.4 Å². The van der Waals surface area contributed by atoms with Gasteiger partial charge in [-0.1, -0.05) is 44.2 Å². The van der Waals surface area contributed by atoms with Gasteiger partial charge in [0.15, 0.2) is 6.61 Å². The lowest BCUT2D eigenvalue weighted by atomic mass is 9.88. The van der Waals surface area contributed by atoms with E-state index in [4.69, 9.17) is 4.74 Å². The second-order valence-electron chi connectivity index (χ2n) is 7.49. The minimum absolute atomic E-state index is 0.0643. The van der Waals surface area contributed by atoms with Crippen LogP contribution in [0.5, 0.6) is 0 Å². The predicted octanol–water partition coefficient (Wildman–Crippen LogP) is 3.24. The first kappa shape index (κ1) is 21.0. The van der Waals surface area contributed by atoms with E-state index in [1.165, 1.54) is 16.9 Å². The number of carbonyl (C=O) groups excluding carboxylic acids is 3. The molecular weight excluding hydrogens is 388 g/mol. The second kappa shape index (κ2) is 9.69. The SMILES string of the molecule is CC(C)[C@H](NC(=O)c1cccs1)C(=O)OCC(=O)N[C@H]1CCCc2ccccc21. The molecule has 0 saturated carbocycles. The molecule has 3 rings (SSSR count). The van der Waals surface area contributed by atoms with Crippen LogP contribution in [0.4, 0.5) is 0 Å². The van der Waals surface area contributed by atoms with Crippen molar-refractivity contribution in [1.29, 1.82) is 0 Å². The van der Waals surface area contributed by atoms with Crippen molar-refractivity contribution >= 4 is 29.1 Å². The molecule has 0 radical (unpaired) electrons. The Morgan fingerprint density at radius 3 is 2.69 bits per heavy atom.